The number of nitrogen functional groups attached to an aromatic ring is 1. The van der Waals surface area contributed by atoms with Crippen LogP contribution in [-0.4, -0.2) is 41.1 Å². The Morgan fingerprint density at radius 1 is 1.08 bits per heavy atom. The van der Waals surface area contributed by atoms with E-state index in [1.807, 2.05) is 0 Å². The van der Waals surface area contributed by atoms with Gasteiger partial charge in [0.15, 0.2) is 10.6 Å². The van der Waals surface area contributed by atoms with E-state index in [4.69, 9.17) is 10.7 Å². The molecule has 0 amide bonds. The van der Waals surface area contributed by atoms with Crippen molar-refractivity contribution >= 4 is 49.4 Å². The van der Waals surface area contributed by atoms with Gasteiger partial charge in [-0.1, -0.05) is 39.4 Å². The number of halogens is 1. The highest BCUT2D eigenvalue weighted by atomic mass is 79.9. The molecule has 0 atom stereocenters. The molecule has 1 saturated heterocycles. The van der Waals surface area contributed by atoms with Crippen LogP contribution in [0.3, 0.4) is 0 Å². The van der Waals surface area contributed by atoms with E-state index in [0.29, 0.717) is 5.95 Å². The number of nitrogens with zero attached hydrogens (tertiary/aromatic N) is 4. The van der Waals surface area contributed by atoms with Gasteiger partial charge in [0, 0.05) is 37.1 Å². The number of anilines is 2. The summed E-state index contributed by atoms with van der Waals surface area (Å²) in [6.07, 6.45) is 1.85. The Hall–Kier alpha value is -1.77. The number of hydrogen-bond donors (Lipinski definition) is 2. The molecule has 130 valence electrons. The Kier molecular flexibility index (Phi) is 4.82. The van der Waals surface area contributed by atoms with Crippen LogP contribution in [0.2, 0.25) is 0 Å². The smallest absolute Gasteiger partial charge is 0.223 e. The molecule has 0 spiro atoms. The van der Waals surface area contributed by atoms with E-state index in [-0.39, 0.29) is 0 Å². The summed E-state index contributed by atoms with van der Waals surface area (Å²) in [5.74, 6) is 1.19. The minimum absolute atomic E-state index is 0.323. The van der Waals surface area contributed by atoms with Crippen LogP contribution in [0.4, 0.5) is 11.8 Å². The van der Waals surface area contributed by atoms with Crippen molar-refractivity contribution < 1.29 is 0 Å². The molecule has 0 radical (unpaired) electrons. The van der Waals surface area contributed by atoms with Gasteiger partial charge in [0.05, 0.1) is 5.01 Å². The zero-order chi connectivity index (χ0) is 17.2. The van der Waals surface area contributed by atoms with Crippen molar-refractivity contribution in [3.05, 3.63) is 39.3 Å². The maximum atomic E-state index is 5.93. The minimum Gasteiger partial charge on any atom is -0.368 e. The Morgan fingerprint density at radius 3 is 2.60 bits per heavy atom. The first-order chi connectivity index (χ1) is 12.2. The average Bonchev–Trinajstić information content (AvgIpc) is 3.04. The number of hydrogen-bond acceptors (Lipinski definition) is 7. The molecule has 2 aromatic heterocycles. The predicted molar refractivity (Wildman–Crippen MR) is 106 cm³/mol. The topological polar surface area (TPSA) is 80.0 Å². The molecule has 3 heterocycles. The first-order valence-electron chi connectivity index (χ1n) is 8.32. The number of aryl methyl sites for hydroxylation is 2. The lowest BCUT2D eigenvalue weighted by Gasteiger charge is -2.28. The van der Waals surface area contributed by atoms with Crippen LogP contribution in [0.25, 0.3) is 10.3 Å². The van der Waals surface area contributed by atoms with E-state index in [9.17, 15) is 0 Å². The Morgan fingerprint density at radius 2 is 1.84 bits per heavy atom. The van der Waals surface area contributed by atoms with Crippen molar-refractivity contribution in [1.29, 1.82) is 0 Å². The quantitative estimate of drug-likeness (QED) is 0.677. The fourth-order valence-electron chi connectivity index (χ4n) is 2.97. The number of rotatable bonds is 4. The Bertz CT molecular complexity index is 873. The van der Waals surface area contributed by atoms with E-state index in [1.165, 1.54) is 5.56 Å². The predicted octanol–water partition coefficient (Wildman–Crippen LogP) is 2.63. The van der Waals surface area contributed by atoms with Crippen LogP contribution in [0.5, 0.6) is 0 Å². The Labute approximate surface area is 158 Å². The maximum Gasteiger partial charge on any atom is 0.223 e. The van der Waals surface area contributed by atoms with Crippen molar-refractivity contribution in [3.63, 3.8) is 0 Å². The van der Waals surface area contributed by atoms with Crippen LogP contribution in [0.15, 0.2) is 28.7 Å². The minimum atomic E-state index is 0.323. The second kappa shape index (κ2) is 7.23. The third kappa shape index (κ3) is 3.75. The highest BCUT2D eigenvalue weighted by Crippen LogP contribution is 2.29. The molecule has 3 aromatic rings. The van der Waals surface area contributed by atoms with Gasteiger partial charge >= 0.3 is 0 Å². The Balaban J connectivity index is 1.59. The van der Waals surface area contributed by atoms with Gasteiger partial charge in [-0.2, -0.15) is 4.98 Å². The van der Waals surface area contributed by atoms with Gasteiger partial charge in [-0.25, -0.2) is 9.97 Å². The molecular formula is C17H19BrN6S. The van der Waals surface area contributed by atoms with Gasteiger partial charge in [-0.05, 0) is 24.1 Å². The van der Waals surface area contributed by atoms with Crippen molar-refractivity contribution in [2.45, 2.75) is 12.8 Å². The van der Waals surface area contributed by atoms with Crippen molar-refractivity contribution in [1.82, 2.24) is 20.3 Å². The van der Waals surface area contributed by atoms with Gasteiger partial charge in [0.1, 0.15) is 5.52 Å². The number of thiazole rings is 1. The molecule has 0 aliphatic carbocycles. The van der Waals surface area contributed by atoms with Crippen molar-refractivity contribution in [2.75, 3.05) is 36.8 Å². The normalized spacial score (nSPS) is 15.0. The molecule has 6 nitrogen and oxygen atoms in total. The zero-order valence-electron chi connectivity index (χ0n) is 13.7. The lowest BCUT2D eigenvalue weighted by molar-refractivity contribution is 0.586. The lowest BCUT2D eigenvalue weighted by atomic mass is 10.1. The fraction of sp³-hybridized carbons (Fsp3) is 0.353. The highest BCUT2D eigenvalue weighted by molar-refractivity contribution is 9.10. The molecule has 1 aliphatic rings. The number of fused-ring (bicyclic) bond motifs is 1. The largest absolute Gasteiger partial charge is 0.368 e. The SMILES string of the molecule is Nc1nc(N2CCNCC2)c2nc(CCc3ccc(Br)cc3)sc2n1. The van der Waals surface area contributed by atoms with E-state index in [0.717, 1.165) is 64.7 Å². The van der Waals surface area contributed by atoms with Crippen LogP contribution in [-0.2, 0) is 12.8 Å². The monoisotopic (exact) mass is 418 g/mol. The average molecular weight is 419 g/mol. The summed E-state index contributed by atoms with van der Waals surface area (Å²) in [4.78, 5) is 16.8. The van der Waals surface area contributed by atoms with E-state index in [2.05, 4.69) is 60.4 Å². The van der Waals surface area contributed by atoms with Crippen LogP contribution in [0.1, 0.15) is 10.6 Å². The van der Waals surface area contributed by atoms with Crippen molar-refractivity contribution in [3.8, 4) is 0 Å². The van der Waals surface area contributed by atoms with Crippen LogP contribution in [0, 0.1) is 0 Å². The van der Waals surface area contributed by atoms with Crippen LogP contribution < -0.4 is 16.0 Å². The summed E-state index contributed by atoms with van der Waals surface area (Å²) < 4.78 is 1.10. The molecule has 1 fully saturated rings. The number of nitrogens with two attached hydrogens (primary N) is 1. The second-order valence-electron chi connectivity index (χ2n) is 6.03. The molecule has 3 N–H and O–H groups in total. The third-order valence-electron chi connectivity index (χ3n) is 4.26. The molecule has 8 heteroatoms. The summed E-state index contributed by atoms with van der Waals surface area (Å²) in [5.41, 5.74) is 8.11. The lowest BCUT2D eigenvalue weighted by Crippen LogP contribution is -2.44. The first-order valence-corrected chi connectivity index (χ1v) is 9.93. The van der Waals surface area contributed by atoms with Gasteiger partial charge in [0.25, 0.3) is 0 Å². The number of piperazine rings is 1. The molecule has 4 rings (SSSR count). The molecule has 1 aliphatic heterocycles. The molecule has 1 aromatic carbocycles. The maximum absolute atomic E-state index is 5.93. The van der Waals surface area contributed by atoms with Crippen LogP contribution >= 0.6 is 27.3 Å². The first kappa shape index (κ1) is 16.7. The summed E-state index contributed by atoms with van der Waals surface area (Å²) in [6.45, 7) is 3.73. The van der Waals surface area contributed by atoms with E-state index in [1.54, 1.807) is 11.3 Å². The number of aromatic nitrogens is 3. The van der Waals surface area contributed by atoms with Gasteiger partial charge in [0.2, 0.25) is 5.95 Å². The third-order valence-corrected chi connectivity index (χ3v) is 5.80. The van der Waals surface area contributed by atoms with Gasteiger partial charge < -0.3 is 16.0 Å². The van der Waals surface area contributed by atoms with Crippen molar-refractivity contribution in [2.24, 2.45) is 0 Å². The molecule has 0 saturated carbocycles. The summed E-state index contributed by atoms with van der Waals surface area (Å²) >= 11 is 5.09. The fourth-order valence-corrected chi connectivity index (χ4v) is 4.17. The summed E-state index contributed by atoms with van der Waals surface area (Å²) in [7, 11) is 0. The van der Waals surface area contributed by atoms with Gasteiger partial charge in [-0.15, -0.1) is 0 Å². The molecule has 25 heavy (non-hydrogen) atoms. The zero-order valence-corrected chi connectivity index (χ0v) is 16.1. The highest BCUT2D eigenvalue weighted by Gasteiger charge is 2.19. The van der Waals surface area contributed by atoms with E-state index < -0.39 is 0 Å². The van der Waals surface area contributed by atoms with Gasteiger partial charge in [-0.3, -0.25) is 0 Å². The second-order valence-corrected chi connectivity index (χ2v) is 8.01. The molecule has 0 bridgehead atoms. The standard InChI is InChI=1S/C17H19BrN6S/c18-12-4-1-11(2-5-12)3-6-13-21-14-15(24-9-7-20-8-10-24)22-17(19)23-16(14)25-13/h1-2,4-5,20H,3,6-10H2,(H2,19,22,23). The number of benzene rings is 1. The number of nitrogens with one attached hydrogen (secondary N) is 1. The summed E-state index contributed by atoms with van der Waals surface area (Å²) in [5, 5.41) is 4.44. The van der Waals surface area contributed by atoms with E-state index >= 15 is 0 Å². The molecule has 0 unspecified atom stereocenters. The molecular weight excluding hydrogens is 400 g/mol. The summed E-state index contributed by atoms with van der Waals surface area (Å²) in [6, 6.07) is 8.42.